The van der Waals surface area contributed by atoms with Gasteiger partial charge in [0.25, 0.3) is 0 Å². The molecule has 0 amide bonds. The van der Waals surface area contributed by atoms with Crippen molar-refractivity contribution in [1.82, 2.24) is 4.90 Å². The van der Waals surface area contributed by atoms with Crippen LogP contribution in [-0.4, -0.2) is 24.5 Å². The van der Waals surface area contributed by atoms with Crippen molar-refractivity contribution < 1.29 is 4.39 Å². The molecule has 0 spiro atoms. The van der Waals surface area contributed by atoms with Gasteiger partial charge in [-0.25, -0.2) is 4.39 Å². The lowest BCUT2D eigenvalue weighted by molar-refractivity contribution is 0.296. The van der Waals surface area contributed by atoms with Crippen molar-refractivity contribution in [2.45, 2.75) is 20.4 Å². The molecule has 0 saturated heterocycles. The van der Waals surface area contributed by atoms with Crippen LogP contribution in [0.2, 0.25) is 0 Å². The molecule has 0 saturated carbocycles. The van der Waals surface area contributed by atoms with Crippen molar-refractivity contribution in [3.8, 4) is 11.8 Å². The van der Waals surface area contributed by atoms with E-state index >= 15 is 0 Å². The van der Waals surface area contributed by atoms with Crippen molar-refractivity contribution in [2.24, 2.45) is 5.73 Å². The summed E-state index contributed by atoms with van der Waals surface area (Å²) in [5.41, 5.74) is 6.79. The van der Waals surface area contributed by atoms with Crippen LogP contribution in [0.25, 0.3) is 0 Å². The maximum absolute atomic E-state index is 13.4. The standard InChI is InChI=1S/C14H19FN2/c1-3-17(4-2)11-12-7-8-14(15)13(10-12)6-5-9-16/h7-8,10H,3-4,9,11,16H2,1-2H3. The van der Waals surface area contributed by atoms with E-state index in [1.807, 2.05) is 0 Å². The molecule has 2 N–H and O–H groups in total. The Hall–Kier alpha value is -1.37. The molecular weight excluding hydrogens is 215 g/mol. The second-order valence-corrected chi connectivity index (χ2v) is 3.78. The lowest BCUT2D eigenvalue weighted by Gasteiger charge is -2.18. The summed E-state index contributed by atoms with van der Waals surface area (Å²) in [5, 5.41) is 0. The molecule has 0 unspecified atom stereocenters. The number of nitrogens with zero attached hydrogens (tertiary/aromatic N) is 1. The molecule has 0 aliphatic heterocycles. The normalized spacial score (nSPS) is 10.2. The first kappa shape index (κ1) is 13.7. The van der Waals surface area contributed by atoms with Crippen LogP contribution in [-0.2, 0) is 6.54 Å². The quantitative estimate of drug-likeness (QED) is 0.807. The van der Waals surface area contributed by atoms with Crippen LogP contribution >= 0.6 is 0 Å². The lowest BCUT2D eigenvalue weighted by Crippen LogP contribution is -2.22. The van der Waals surface area contributed by atoms with Crippen molar-refractivity contribution in [1.29, 1.82) is 0 Å². The van der Waals surface area contributed by atoms with Crippen LogP contribution in [0.15, 0.2) is 18.2 Å². The minimum absolute atomic E-state index is 0.250. The summed E-state index contributed by atoms with van der Waals surface area (Å²) in [6.45, 7) is 7.27. The van der Waals surface area contributed by atoms with E-state index in [2.05, 4.69) is 30.6 Å². The van der Waals surface area contributed by atoms with Gasteiger partial charge < -0.3 is 5.73 Å². The fourth-order valence-electron chi connectivity index (χ4n) is 1.62. The van der Waals surface area contributed by atoms with Gasteiger partial charge in [0.15, 0.2) is 0 Å². The molecule has 0 bridgehead atoms. The van der Waals surface area contributed by atoms with Crippen LogP contribution in [0.1, 0.15) is 25.0 Å². The smallest absolute Gasteiger partial charge is 0.138 e. The number of hydrogen-bond donors (Lipinski definition) is 1. The van der Waals surface area contributed by atoms with Gasteiger partial charge in [0, 0.05) is 6.54 Å². The molecule has 1 rings (SSSR count). The molecule has 0 aromatic heterocycles. The molecule has 0 aliphatic carbocycles. The Labute approximate surface area is 103 Å². The van der Waals surface area contributed by atoms with Gasteiger partial charge in [-0.05, 0) is 30.8 Å². The summed E-state index contributed by atoms with van der Waals surface area (Å²) in [6, 6.07) is 5.08. The van der Waals surface area contributed by atoms with Crippen molar-refractivity contribution in [2.75, 3.05) is 19.6 Å². The molecule has 92 valence electrons. The zero-order valence-corrected chi connectivity index (χ0v) is 10.5. The van der Waals surface area contributed by atoms with Crippen molar-refractivity contribution >= 4 is 0 Å². The SMILES string of the molecule is CCN(CC)Cc1ccc(F)c(C#CCN)c1. The number of hydrogen-bond acceptors (Lipinski definition) is 2. The second kappa shape index (κ2) is 7.05. The summed E-state index contributed by atoms with van der Waals surface area (Å²) in [6.07, 6.45) is 0. The van der Waals surface area contributed by atoms with Crippen LogP contribution in [0.3, 0.4) is 0 Å². The fraction of sp³-hybridized carbons (Fsp3) is 0.429. The third kappa shape index (κ3) is 4.18. The molecule has 0 radical (unpaired) electrons. The molecular formula is C14H19FN2. The van der Waals surface area contributed by atoms with E-state index in [0.717, 1.165) is 25.2 Å². The Morgan fingerprint density at radius 1 is 1.29 bits per heavy atom. The molecule has 0 fully saturated rings. The number of nitrogens with two attached hydrogens (primary N) is 1. The highest BCUT2D eigenvalue weighted by Crippen LogP contribution is 2.11. The van der Waals surface area contributed by atoms with Gasteiger partial charge in [-0.15, -0.1) is 0 Å². The van der Waals surface area contributed by atoms with E-state index in [-0.39, 0.29) is 12.4 Å². The first-order valence-corrected chi connectivity index (χ1v) is 5.91. The van der Waals surface area contributed by atoms with Crippen molar-refractivity contribution in [3.05, 3.63) is 35.1 Å². The summed E-state index contributed by atoms with van der Waals surface area (Å²) >= 11 is 0. The van der Waals surface area contributed by atoms with Gasteiger partial charge in [-0.3, -0.25) is 4.90 Å². The average molecular weight is 234 g/mol. The third-order valence-electron chi connectivity index (χ3n) is 2.66. The highest BCUT2D eigenvalue weighted by molar-refractivity contribution is 5.38. The molecule has 3 heteroatoms. The predicted molar refractivity (Wildman–Crippen MR) is 69.0 cm³/mol. The molecule has 0 aliphatic rings. The first-order chi connectivity index (χ1) is 8.21. The van der Waals surface area contributed by atoms with Crippen molar-refractivity contribution in [3.63, 3.8) is 0 Å². The van der Waals surface area contributed by atoms with Gasteiger partial charge in [0.2, 0.25) is 0 Å². The molecule has 17 heavy (non-hydrogen) atoms. The third-order valence-corrected chi connectivity index (χ3v) is 2.66. The molecule has 0 heterocycles. The Balaban J connectivity index is 2.88. The monoisotopic (exact) mass is 234 g/mol. The van der Waals surface area contributed by atoms with E-state index in [1.54, 1.807) is 12.1 Å². The van der Waals surface area contributed by atoms with Crippen LogP contribution in [0.5, 0.6) is 0 Å². The maximum atomic E-state index is 13.4. The Morgan fingerprint density at radius 3 is 2.59 bits per heavy atom. The van der Waals surface area contributed by atoms with Crippen LogP contribution in [0, 0.1) is 17.7 Å². The zero-order chi connectivity index (χ0) is 12.7. The molecule has 0 atom stereocenters. The summed E-state index contributed by atoms with van der Waals surface area (Å²) < 4.78 is 13.4. The first-order valence-electron chi connectivity index (χ1n) is 5.91. The largest absolute Gasteiger partial charge is 0.320 e. The minimum Gasteiger partial charge on any atom is -0.320 e. The predicted octanol–water partition coefficient (Wildman–Crippen LogP) is 1.98. The highest BCUT2D eigenvalue weighted by atomic mass is 19.1. The minimum atomic E-state index is -0.283. The number of rotatable bonds is 4. The fourth-order valence-corrected chi connectivity index (χ4v) is 1.62. The Morgan fingerprint density at radius 2 is 2.00 bits per heavy atom. The average Bonchev–Trinajstić information content (AvgIpc) is 2.36. The molecule has 1 aromatic carbocycles. The summed E-state index contributed by atoms with van der Waals surface area (Å²) in [4.78, 5) is 2.27. The Kier molecular flexibility index (Phi) is 5.68. The van der Waals surface area contributed by atoms with E-state index < -0.39 is 0 Å². The summed E-state index contributed by atoms with van der Waals surface area (Å²) in [7, 11) is 0. The topological polar surface area (TPSA) is 29.3 Å². The number of benzene rings is 1. The van der Waals surface area contributed by atoms with Crippen LogP contribution in [0.4, 0.5) is 4.39 Å². The number of halogens is 1. The van der Waals surface area contributed by atoms with E-state index in [9.17, 15) is 4.39 Å². The molecule has 1 aromatic rings. The van der Waals surface area contributed by atoms with Gasteiger partial charge >= 0.3 is 0 Å². The Bertz CT molecular complexity index is 414. The van der Waals surface area contributed by atoms with Gasteiger partial charge in [-0.1, -0.05) is 31.8 Å². The maximum Gasteiger partial charge on any atom is 0.138 e. The van der Waals surface area contributed by atoms with Gasteiger partial charge in [0.05, 0.1) is 12.1 Å². The van der Waals surface area contributed by atoms with E-state index in [1.165, 1.54) is 6.07 Å². The lowest BCUT2D eigenvalue weighted by atomic mass is 10.1. The van der Waals surface area contributed by atoms with Crippen LogP contribution < -0.4 is 5.73 Å². The zero-order valence-electron chi connectivity index (χ0n) is 10.5. The summed E-state index contributed by atoms with van der Waals surface area (Å²) in [5.74, 6) is 5.15. The second-order valence-electron chi connectivity index (χ2n) is 3.78. The van der Waals surface area contributed by atoms with Gasteiger partial charge in [-0.2, -0.15) is 0 Å². The highest BCUT2D eigenvalue weighted by Gasteiger charge is 2.04. The van der Waals surface area contributed by atoms with E-state index in [0.29, 0.717) is 5.56 Å². The molecule has 2 nitrogen and oxygen atoms in total. The van der Waals surface area contributed by atoms with Gasteiger partial charge in [0.1, 0.15) is 5.82 Å². The van der Waals surface area contributed by atoms with E-state index in [4.69, 9.17) is 5.73 Å².